The van der Waals surface area contributed by atoms with Crippen LogP contribution in [0, 0.1) is 5.92 Å². The van der Waals surface area contributed by atoms with Gasteiger partial charge in [0.05, 0.1) is 0 Å². The monoisotopic (exact) mass is 233 g/mol. The van der Waals surface area contributed by atoms with Gasteiger partial charge in [0.25, 0.3) is 10.2 Å². The van der Waals surface area contributed by atoms with Crippen LogP contribution in [0.3, 0.4) is 0 Å². The van der Waals surface area contributed by atoms with Crippen LogP contribution in [0.4, 0.5) is 0 Å². The first-order valence-corrected chi connectivity index (χ1v) is 6.95. The first kappa shape index (κ1) is 11.3. The van der Waals surface area contributed by atoms with Crippen molar-refractivity contribution in [3.05, 3.63) is 0 Å². The summed E-state index contributed by atoms with van der Waals surface area (Å²) in [6.07, 6.45) is 4.03. The predicted molar refractivity (Wildman–Crippen MR) is 58.4 cm³/mol. The Hall–Kier alpha value is -0.170. The minimum Gasteiger partial charge on any atom is -0.329 e. The summed E-state index contributed by atoms with van der Waals surface area (Å²) in [5.74, 6) is 0.401. The molecule has 6 heteroatoms. The second-order valence-electron chi connectivity index (χ2n) is 4.89. The Morgan fingerprint density at radius 3 is 2.33 bits per heavy atom. The van der Waals surface area contributed by atoms with Crippen molar-refractivity contribution in [2.24, 2.45) is 11.7 Å². The molecule has 1 unspecified atom stereocenters. The van der Waals surface area contributed by atoms with Crippen molar-refractivity contribution in [3.63, 3.8) is 0 Å². The van der Waals surface area contributed by atoms with Gasteiger partial charge in [-0.2, -0.15) is 17.9 Å². The zero-order chi connectivity index (χ0) is 11.1. The van der Waals surface area contributed by atoms with E-state index in [1.54, 1.807) is 0 Å². The van der Waals surface area contributed by atoms with Crippen LogP contribution in [-0.4, -0.2) is 26.5 Å². The van der Waals surface area contributed by atoms with Crippen molar-refractivity contribution >= 4 is 10.2 Å². The third-order valence-corrected chi connectivity index (χ3v) is 4.55. The summed E-state index contributed by atoms with van der Waals surface area (Å²) in [5.41, 5.74) is 5.18. The molecule has 0 amide bonds. The largest absolute Gasteiger partial charge is 0.329 e. The van der Waals surface area contributed by atoms with Crippen LogP contribution in [0.15, 0.2) is 0 Å². The lowest BCUT2D eigenvalue weighted by atomic mass is 9.98. The Bertz CT molecular complexity index is 335. The first-order chi connectivity index (χ1) is 6.95. The van der Waals surface area contributed by atoms with E-state index in [2.05, 4.69) is 9.44 Å². The minimum absolute atomic E-state index is 0.142. The highest BCUT2D eigenvalue weighted by atomic mass is 32.2. The van der Waals surface area contributed by atoms with E-state index >= 15 is 0 Å². The minimum atomic E-state index is -3.37. The van der Waals surface area contributed by atoms with Gasteiger partial charge in [-0.25, -0.2) is 0 Å². The van der Waals surface area contributed by atoms with E-state index in [0.717, 1.165) is 25.7 Å². The first-order valence-electron chi connectivity index (χ1n) is 5.46. The van der Waals surface area contributed by atoms with Crippen LogP contribution in [0.25, 0.3) is 0 Å². The fourth-order valence-corrected chi connectivity index (χ4v) is 3.37. The number of nitrogens with one attached hydrogen (secondary N) is 2. The molecule has 0 aromatic heterocycles. The molecule has 0 radical (unpaired) electrons. The van der Waals surface area contributed by atoms with Crippen molar-refractivity contribution < 1.29 is 8.42 Å². The topological polar surface area (TPSA) is 84.2 Å². The van der Waals surface area contributed by atoms with Gasteiger partial charge in [-0.15, -0.1) is 0 Å². The van der Waals surface area contributed by atoms with E-state index in [0.29, 0.717) is 12.5 Å². The quantitative estimate of drug-likeness (QED) is 0.589. The van der Waals surface area contributed by atoms with Gasteiger partial charge in [0.1, 0.15) is 0 Å². The van der Waals surface area contributed by atoms with Gasteiger partial charge in [0.15, 0.2) is 0 Å². The molecule has 1 atom stereocenters. The predicted octanol–water partition coefficient (Wildman–Crippen LogP) is -0.300. The van der Waals surface area contributed by atoms with Crippen LogP contribution < -0.4 is 15.2 Å². The molecule has 2 aliphatic rings. The highest BCUT2D eigenvalue weighted by Gasteiger charge is 2.43. The third kappa shape index (κ3) is 2.90. The number of nitrogens with two attached hydrogens (primary N) is 1. The summed E-state index contributed by atoms with van der Waals surface area (Å²) in [6, 6.07) is 0.142. The molecule has 2 aliphatic carbocycles. The number of hydrogen-bond donors (Lipinski definition) is 3. The van der Waals surface area contributed by atoms with Gasteiger partial charge in [-0.3, -0.25) is 0 Å². The molecule has 5 nitrogen and oxygen atoms in total. The molecule has 2 rings (SSSR count). The Morgan fingerprint density at radius 2 is 1.93 bits per heavy atom. The van der Waals surface area contributed by atoms with E-state index in [1.165, 1.54) is 0 Å². The zero-order valence-corrected chi connectivity index (χ0v) is 9.81. The van der Waals surface area contributed by atoms with E-state index in [4.69, 9.17) is 5.73 Å². The van der Waals surface area contributed by atoms with Crippen molar-refractivity contribution in [3.8, 4) is 0 Å². The van der Waals surface area contributed by atoms with Gasteiger partial charge < -0.3 is 5.73 Å². The Labute approximate surface area is 91.0 Å². The average Bonchev–Trinajstić information content (AvgIpc) is 2.95. The van der Waals surface area contributed by atoms with Crippen molar-refractivity contribution in [2.45, 2.75) is 44.2 Å². The second kappa shape index (κ2) is 3.69. The molecule has 2 saturated carbocycles. The summed E-state index contributed by atoms with van der Waals surface area (Å²) >= 11 is 0. The lowest BCUT2D eigenvalue weighted by molar-refractivity contribution is 0.371. The summed E-state index contributed by atoms with van der Waals surface area (Å²) in [5, 5.41) is 0. The molecule has 88 valence electrons. The van der Waals surface area contributed by atoms with Crippen LogP contribution >= 0.6 is 0 Å². The van der Waals surface area contributed by atoms with Crippen molar-refractivity contribution in [1.29, 1.82) is 0 Å². The highest BCUT2D eigenvalue weighted by molar-refractivity contribution is 7.87. The molecular weight excluding hydrogens is 214 g/mol. The van der Waals surface area contributed by atoms with Crippen LogP contribution in [-0.2, 0) is 10.2 Å². The average molecular weight is 233 g/mol. The zero-order valence-electron chi connectivity index (χ0n) is 8.99. The fraction of sp³-hybridized carbons (Fsp3) is 1.00. The molecule has 2 fully saturated rings. The second-order valence-corrected chi connectivity index (χ2v) is 6.34. The van der Waals surface area contributed by atoms with Gasteiger partial charge >= 0.3 is 0 Å². The highest BCUT2D eigenvalue weighted by Crippen LogP contribution is 2.39. The van der Waals surface area contributed by atoms with Gasteiger partial charge in [-0.1, -0.05) is 0 Å². The molecule has 0 aromatic carbocycles. The van der Waals surface area contributed by atoms with Gasteiger partial charge in [-0.05, 0) is 38.5 Å². The summed E-state index contributed by atoms with van der Waals surface area (Å²) in [4.78, 5) is 0. The Morgan fingerprint density at radius 1 is 1.33 bits per heavy atom. The maximum Gasteiger partial charge on any atom is 0.277 e. The molecule has 0 saturated heterocycles. The molecule has 0 heterocycles. The van der Waals surface area contributed by atoms with E-state index in [9.17, 15) is 8.42 Å². The number of hydrogen-bond acceptors (Lipinski definition) is 3. The van der Waals surface area contributed by atoms with Crippen LogP contribution in [0.1, 0.15) is 32.6 Å². The molecule has 4 N–H and O–H groups in total. The Balaban J connectivity index is 1.97. The maximum atomic E-state index is 11.7. The van der Waals surface area contributed by atoms with Crippen LogP contribution in [0.2, 0.25) is 0 Å². The smallest absolute Gasteiger partial charge is 0.277 e. The SMILES string of the molecule is CC(CN)(NS(=O)(=O)NC1CC1)C1CC1. The normalized spacial score (nSPS) is 26.3. The standard InChI is InChI=1S/C9H19N3O2S/c1-9(6-10,7-2-3-7)12-15(13,14)11-8-4-5-8/h7-8,11-12H,2-6,10H2,1H3. The van der Waals surface area contributed by atoms with E-state index < -0.39 is 15.7 Å². The molecule has 0 spiro atoms. The Kier molecular flexibility index (Phi) is 2.79. The molecule has 0 aliphatic heterocycles. The third-order valence-electron chi connectivity index (χ3n) is 3.17. The molecular formula is C9H19N3O2S. The molecule has 0 bridgehead atoms. The van der Waals surface area contributed by atoms with Gasteiger partial charge in [0.2, 0.25) is 0 Å². The van der Waals surface area contributed by atoms with Crippen LogP contribution in [0.5, 0.6) is 0 Å². The maximum absolute atomic E-state index is 11.7. The summed E-state index contributed by atoms with van der Waals surface area (Å²) < 4.78 is 28.7. The summed E-state index contributed by atoms with van der Waals surface area (Å²) in [7, 11) is -3.37. The number of rotatable bonds is 6. The van der Waals surface area contributed by atoms with Crippen molar-refractivity contribution in [1.82, 2.24) is 9.44 Å². The van der Waals surface area contributed by atoms with Gasteiger partial charge in [0, 0.05) is 18.1 Å². The molecule has 15 heavy (non-hydrogen) atoms. The van der Waals surface area contributed by atoms with E-state index in [1.807, 2.05) is 6.92 Å². The lowest BCUT2D eigenvalue weighted by Crippen LogP contribution is -2.56. The lowest BCUT2D eigenvalue weighted by Gasteiger charge is -2.29. The molecule has 0 aromatic rings. The van der Waals surface area contributed by atoms with E-state index in [-0.39, 0.29) is 6.04 Å². The fourth-order valence-electron chi connectivity index (χ4n) is 1.77. The summed E-state index contributed by atoms with van der Waals surface area (Å²) in [6.45, 7) is 2.24. The van der Waals surface area contributed by atoms with Crippen molar-refractivity contribution in [2.75, 3.05) is 6.54 Å².